The Balaban J connectivity index is 1.65. The molecule has 0 spiro atoms. The Labute approximate surface area is 168 Å². The molecule has 0 aliphatic rings. The molecule has 0 bridgehead atoms. The maximum Gasteiger partial charge on any atom is 0.235 e. The van der Waals surface area contributed by atoms with Crippen molar-refractivity contribution in [2.75, 3.05) is 6.61 Å². The average Bonchev–Trinajstić information content (AvgIpc) is 2.74. The van der Waals surface area contributed by atoms with Crippen molar-refractivity contribution >= 4 is 22.6 Å². The first-order valence-electron chi connectivity index (χ1n) is 9.21. The minimum absolute atomic E-state index is 0.161. The van der Waals surface area contributed by atoms with E-state index >= 15 is 0 Å². The predicted molar refractivity (Wildman–Crippen MR) is 113 cm³/mol. The molecule has 3 aromatic carbocycles. The molecule has 1 aromatic heterocycles. The zero-order chi connectivity index (χ0) is 19.3. The Kier molecular flexibility index (Phi) is 5.45. The van der Waals surface area contributed by atoms with E-state index in [1.54, 1.807) is 24.3 Å². The van der Waals surface area contributed by atoms with Crippen molar-refractivity contribution in [2.45, 2.75) is 12.8 Å². The second-order valence-electron chi connectivity index (χ2n) is 6.53. The number of aryl methyl sites for hydroxylation is 1. The molecule has 0 saturated heterocycles. The molecule has 0 fully saturated rings. The molecule has 0 atom stereocenters. The summed E-state index contributed by atoms with van der Waals surface area (Å²) in [4.78, 5) is 13.0. The zero-order valence-corrected chi connectivity index (χ0v) is 16.0. The molecule has 0 aliphatic heterocycles. The third-order valence-corrected chi connectivity index (χ3v) is 4.81. The van der Waals surface area contributed by atoms with Gasteiger partial charge in [0.05, 0.1) is 12.0 Å². The standard InChI is InChI=1S/C24H19ClO3/c25-19-14-12-18(13-15-19)23-24(22(26)20-10-4-5-11-21(20)28-23)27-16-6-9-17-7-2-1-3-8-17/h1-5,7-8,10-15H,6,9,16H2. The topological polar surface area (TPSA) is 39.4 Å². The number of fused-ring (bicyclic) bond motifs is 1. The summed E-state index contributed by atoms with van der Waals surface area (Å²) in [5, 5.41) is 1.13. The van der Waals surface area contributed by atoms with Crippen molar-refractivity contribution in [1.82, 2.24) is 0 Å². The molecule has 4 aromatic rings. The Morgan fingerprint density at radius 1 is 0.857 bits per heavy atom. The number of rotatable bonds is 6. The highest BCUT2D eigenvalue weighted by Crippen LogP contribution is 2.31. The van der Waals surface area contributed by atoms with E-state index < -0.39 is 0 Å². The molecule has 4 rings (SSSR count). The van der Waals surface area contributed by atoms with Crippen molar-refractivity contribution in [3.8, 4) is 17.1 Å². The van der Waals surface area contributed by atoms with Gasteiger partial charge in [0.1, 0.15) is 5.58 Å². The Bertz CT molecular complexity index is 1130. The van der Waals surface area contributed by atoms with Gasteiger partial charge in [-0.05, 0) is 54.8 Å². The van der Waals surface area contributed by atoms with Crippen LogP contribution in [0.4, 0.5) is 0 Å². The third-order valence-electron chi connectivity index (χ3n) is 4.56. The minimum atomic E-state index is -0.161. The van der Waals surface area contributed by atoms with E-state index in [-0.39, 0.29) is 11.2 Å². The van der Waals surface area contributed by atoms with Crippen LogP contribution in [0.1, 0.15) is 12.0 Å². The largest absolute Gasteiger partial charge is 0.486 e. The molecule has 0 N–H and O–H groups in total. The highest BCUT2D eigenvalue weighted by Gasteiger charge is 2.17. The number of ether oxygens (including phenoxy) is 1. The second kappa shape index (κ2) is 8.32. The number of benzene rings is 3. The van der Waals surface area contributed by atoms with Gasteiger partial charge in [-0.25, -0.2) is 0 Å². The minimum Gasteiger partial charge on any atom is -0.486 e. The van der Waals surface area contributed by atoms with Gasteiger partial charge in [-0.2, -0.15) is 0 Å². The monoisotopic (exact) mass is 390 g/mol. The molecule has 0 amide bonds. The van der Waals surface area contributed by atoms with Gasteiger partial charge < -0.3 is 9.15 Å². The summed E-state index contributed by atoms with van der Waals surface area (Å²) in [5.41, 5.74) is 2.38. The summed E-state index contributed by atoms with van der Waals surface area (Å²) >= 11 is 6.00. The van der Waals surface area contributed by atoms with Gasteiger partial charge in [-0.15, -0.1) is 0 Å². The molecule has 0 unspecified atom stereocenters. The van der Waals surface area contributed by atoms with E-state index in [0.29, 0.717) is 28.4 Å². The first kappa shape index (κ1) is 18.3. The van der Waals surface area contributed by atoms with Gasteiger partial charge in [-0.3, -0.25) is 4.79 Å². The van der Waals surface area contributed by atoms with Gasteiger partial charge >= 0.3 is 0 Å². The molecule has 4 heteroatoms. The van der Waals surface area contributed by atoms with Crippen molar-refractivity contribution in [3.63, 3.8) is 0 Å². The highest BCUT2D eigenvalue weighted by atomic mass is 35.5. The fraction of sp³-hybridized carbons (Fsp3) is 0.125. The van der Waals surface area contributed by atoms with Gasteiger partial charge in [0.15, 0.2) is 5.76 Å². The SMILES string of the molecule is O=c1c(OCCCc2ccccc2)c(-c2ccc(Cl)cc2)oc2ccccc12. The van der Waals surface area contributed by atoms with E-state index in [1.807, 2.05) is 42.5 Å². The molecule has 3 nitrogen and oxygen atoms in total. The normalized spacial score (nSPS) is 10.9. The lowest BCUT2D eigenvalue weighted by molar-refractivity contribution is 0.303. The smallest absolute Gasteiger partial charge is 0.235 e. The average molecular weight is 391 g/mol. The Hall–Kier alpha value is -3.04. The molecule has 1 heterocycles. The van der Waals surface area contributed by atoms with Crippen LogP contribution in [-0.2, 0) is 6.42 Å². The molecule has 0 aliphatic carbocycles. The summed E-state index contributed by atoms with van der Waals surface area (Å²) in [5.74, 6) is 0.675. The van der Waals surface area contributed by atoms with Crippen LogP contribution in [-0.4, -0.2) is 6.61 Å². The van der Waals surface area contributed by atoms with E-state index in [4.69, 9.17) is 20.8 Å². The van der Waals surface area contributed by atoms with Gasteiger partial charge in [0.25, 0.3) is 0 Å². The number of hydrogen-bond acceptors (Lipinski definition) is 3. The first-order valence-corrected chi connectivity index (χ1v) is 9.59. The summed E-state index contributed by atoms with van der Waals surface area (Å²) in [6, 6.07) is 24.6. The lowest BCUT2D eigenvalue weighted by Gasteiger charge is -2.12. The molecular formula is C24H19ClO3. The zero-order valence-electron chi connectivity index (χ0n) is 15.2. The van der Waals surface area contributed by atoms with Crippen LogP contribution in [0.3, 0.4) is 0 Å². The van der Waals surface area contributed by atoms with Crippen molar-refractivity contribution in [3.05, 3.63) is 99.7 Å². The van der Waals surface area contributed by atoms with Crippen LogP contribution in [0.2, 0.25) is 5.02 Å². The van der Waals surface area contributed by atoms with E-state index in [9.17, 15) is 4.79 Å². The van der Waals surface area contributed by atoms with Crippen molar-refractivity contribution in [1.29, 1.82) is 0 Å². The van der Waals surface area contributed by atoms with Crippen LogP contribution >= 0.6 is 11.6 Å². The summed E-state index contributed by atoms with van der Waals surface area (Å²) in [6.45, 7) is 0.429. The summed E-state index contributed by atoms with van der Waals surface area (Å²) in [7, 11) is 0. The number of hydrogen-bond donors (Lipinski definition) is 0. The van der Waals surface area contributed by atoms with Gasteiger partial charge in [0, 0.05) is 10.6 Å². The van der Waals surface area contributed by atoms with E-state index in [1.165, 1.54) is 5.56 Å². The second-order valence-corrected chi connectivity index (χ2v) is 6.97. The van der Waals surface area contributed by atoms with Gasteiger partial charge in [0.2, 0.25) is 11.2 Å². The quantitative estimate of drug-likeness (QED) is 0.372. The van der Waals surface area contributed by atoms with Crippen LogP contribution in [0.5, 0.6) is 5.75 Å². The Morgan fingerprint density at radius 2 is 1.57 bits per heavy atom. The van der Waals surface area contributed by atoms with E-state index in [2.05, 4.69) is 12.1 Å². The van der Waals surface area contributed by atoms with Crippen molar-refractivity contribution in [2.24, 2.45) is 0 Å². The highest BCUT2D eigenvalue weighted by molar-refractivity contribution is 6.30. The van der Waals surface area contributed by atoms with Gasteiger partial charge in [-0.1, -0.05) is 54.1 Å². The van der Waals surface area contributed by atoms with Crippen molar-refractivity contribution < 1.29 is 9.15 Å². The first-order chi connectivity index (χ1) is 13.7. The molecule has 0 radical (unpaired) electrons. The fourth-order valence-corrected chi connectivity index (χ4v) is 3.27. The molecule has 0 saturated carbocycles. The maximum atomic E-state index is 13.0. The predicted octanol–water partition coefficient (Wildman–Crippen LogP) is 6.13. The lowest BCUT2D eigenvalue weighted by atomic mass is 10.1. The number of halogens is 1. The molecule has 28 heavy (non-hydrogen) atoms. The molecular weight excluding hydrogens is 372 g/mol. The summed E-state index contributed by atoms with van der Waals surface area (Å²) in [6.07, 6.45) is 1.69. The number of para-hydroxylation sites is 1. The molecule has 140 valence electrons. The maximum absolute atomic E-state index is 13.0. The van der Waals surface area contributed by atoms with Crippen LogP contribution in [0.15, 0.2) is 88.1 Å². The summed E-state index contributed by atoms with van der Waals surface area (Å²) < 4.78 is 12.0. The Morgan fingerprint density at radius 3 is 2.36 bits per heavy atom. The fourth-order valence-electron chi connectivity index (χ4n) is 3.14. The third kappa shape index (κ3) is 3.95. The lowest BCUT2D eigenvalue weighted by Crippen LogP contribution is -2.11. The van der Waals surface area contributed by atoms with E-state index in [0.717, 1.165) is 18.4 Å². The van der Waals surface area contributed by atoms with Crippen LogP contribution in [0.25, 0.3) is 22.3 Å². The van der Waals surface area contributed by atoms with Crippen LogP contribution < -0.4 is 10.2 Å². The van der Waals surface area contributed by atoms with Crippen LogP contribution in [0, 0.1) is 0 Å².